The quantitative estimate of drug-likeness (QED) is 0.633. The molecular formula is C24H30N4O. The molecule has 5 heteroatoms. The van der Waals surface area contributed by atoms with Crippen LogP contribution in [0.4, 0.5) is 0 Å². The van der Waals surface area contributed by atoms with Crippen LogP contribution in [0.1, 0.15) is 34.1 Å². The molecule has 1 aliphatic heterocycles. The van der Waals surface area contributed by atoms with E-state index in [0.29, 0.717) is 18.3 Å². The molecule has 0 aliphatic carbocycles. The number of carbonyl (C=O) groups excluding carboxylic acids is 1. The zero-order valence-corrected chi connectivity index (χ0v) is 17.3. The Labute approximate surface area is 172 Å². The molecule has 0 radical (unpaired) electrons. The molecule has 2 aromatic carbocycles. The molecule has 29 heavy (non-hydrogen) atoms. The number of carbonyl (C=O) groups is 1. The van der Waals surface area contributed by atoms with Crippen molar-refractivity contribution in [3.63, 3.8) is 0 Å². The van der Waals surface area contributed by atoms with Gasteiger partial charge in [0, 0.05) is 49.7 Å². The van der Waals surface area contributed by atoms with Gasteiger partial charge in [-0.25, -0.2) is 0 Å². The number of rotatable bonds is 6. The molecule has 1 aliphatic rings. The lowest BCUT2D eigenvalue weighted by Gasteiger charge is -2.40. The number of likely N-dealkylation sites (N-methyl/N-ethyl adjacent to an activating group) is 1. The normalized spacial score (nSPS) is 18.2. The second kappa shape index (κ2) is 8.80. The lowest BCUT2D eigenvalue weighted by Crippen LogP contribution is -2.47. The smallest absolute Gasteiger partial charge is 0.267 e. The highest BCUT2D eigenvalue weighted by Crippen LogP contribution is 2.24. The fraction of sp³-hybridized carbons (Fsp3) is 0.375. The highest BCUT2D eigenvalue weighted by atomic mass is 16.1. The van der Waals surface area contributed by atoms with Crippen molar-refractivity contribution in [1.82, 2.24) is 20.1 Å². The van der Waals surface area contributed by atoms with E-state index in [4.69, 9.17) is 0 Å². The first kappa shape index (κ1) is 19.7. The second-order valence-corrected chi connectivity index (χ2v) is 8.11. The summed E-state index contributed by atoms with van der Waals surface area (Å²) in [4.78, 5) is 20.7. The first-order valence-corrected chi connectivity index (χ1v) is 10.5. The zero-order chi connectivity index (χ0) is 20.2. The van der Waals surface area contributed by atoms with E-state index in [0.717, 1.165) is 43.5 Å². The summed E-state index contributed by atoms with van der Waals surface area (Å²) in [5.74, 6) is -0.0307. The summed E-state index contributed by atoms with van der Waals surface area (Å²) in [5.41, 5.74) is 4.20. The maximum atomic E-state index is 12.5. The number of nitrogens with one attached hydrogen (secondary N) is 2. The third-order valence-corrected chi connectivity index (χ3v) is 5.81. The highest BCUT2D eigenvalue weighted by Gasteiger charge is 2.25. The van der Waals surface area contributed by atoms with Crippen LogP contribution in [0.25, 0.3) is 10.9 Å². The third kappa shape index (κ3) is 4.69. The molecule has 1 amide bonds. The molecule has 3 aromatic rings. The predicted molar refractivity (Wildman–Crippen MR) is 118 cm³/mol. The Morgan fingerprint density at radius 3 is 2.79 bits per heavy atom. The van der Waals surface area contributed by atoms with Crippen LogP contribution in [-0.2, 0) is 0 Å². The Morgan fingerprint density at radius 1 is 1.14 bits per heavy atom. The number of aromatic amines is 1. The summed E-state index contributed by atoms with van der Waals surface area (Å²) in [6.07, 6.45) is 0.943. The highest BCUT2D eigenvalue weighted by molar-refractivity contribution is 5.98. The van der Waals surface area contributed by atoms with E-state index in [2.05, 4.69) is 82.6 Å². The molecule has 0 bridgehead atoms. The van der Waals surface area contributed by atoms with Gasteiger partial charge in [-0.2, -0.15) is 0 Å². The number of amides is 1. The van der Waals surface area contributed by atoms with Crippen LogP contribution in [0.2, 0.25) is 0 Å². The van der Waals surface area contributed by atoms with Crippen LogP contribution in [0.15, 0.2) is 54.6 Å². The average molecular weight is 391 g/mol. The van der Waals surface area contributed by atoms with Crippen LogP contribution in [0, 0.1) is 6.92 Å². The van der Waals surface area contributed by atoms with Gasteiger partial charge < -0.3 is 15.2 Å². The van der Waals surface area contributed by atoms with E-state index < -0.39 is 0 Å². The van der Waals surface area contributed by atoms with E-state index in [9.17, 15) is 4.79 Å². The van der Waals surface area contributed by atoms with Crippen LogP contribution in [0.3, 0.4) is 0 Å². The summed E-state index contributed by atoms with van der Waals surface area (Å²) in [6, 6.07) is 19.3. The molecule has 1 atom stereocenters. The van der Waals surface area contributed by atoms with Gasteiger partial charge in [-0.05, 0) is 43.7 Å². The van der Waals surface area contributed by atoms with Gasteiger partial charge in [0.15, 0.2) is 0 Å². The van der Waals surface area contributed by atoms with Gasteiger partial charge in [0.05, 0.1) is 0 Å². The number of fused-ring (bicyclic) bond motifs is 1. The molecular weight excluding hydrogens is 360 g/mol. The lowest BCUT2D eigenvalue weighted by atomic mass is 10.0. The zero-order valence-electron chi connectivity index (χ0n) is 17.3. The Hall–Kier alpha value is -2.63. The number of nitrogens with zero attached hydrogens (tertiary/aromatic N) is 2. The number of hydrogen-bond acceptors (Lipinski definition) is 3. The van der Waals surface area contributed by atoms with Crippen LogP contribution in [0.5, 0.6) is 0 Å². The Bertz CT molecular complexity index is 965. The summed E-state index contributed by atoms with van der Waals surface area (Å²) in [6.45, 7) is 6.92. The minimum absolute atomic E-state index is 0.0307. The number of benzene rings is 2. The van der Waals surface area contributed by atoms with E-state index in [1.165, 1.54) is 11.1 Å². The lowest BCUT2D eigenvalue weighted by molar-refractivity contribution is 0.0864. The minimum Gasteiger partial charge on any atom is -0.351 e. The molecule has 1 aromatic heterocycles. The molecule has 0 saturated carbocycles. The van der Waals surface area contributed by atoms with Gasteiger partial charge >= 0.3 is 0 Å². The Morgan fingerprint density at radius 2 is 1.97 bits per heavy atom. The Kier molecular flexibility index (Phi) is 5.97. The van der Waals surface area contributed by atoms with Crippen LogP contribution >= 0.6 is 0 Å². The molecule has 5 nitrogen and oxygen atoms in total. The second-order valence-electron chi connectivity index (χ2n) is 8.11. The van der Waals surface area contributed by atoms with Crippen molar-refractivity contribution in [1.29, 1.82) is 0 Å². The summed E-state index contributed by atoms with van der Waals surface area (Å²) in [7, 11) is 2.19. The van der Waals surface area contributed by atoms with Crippen molar-refractivity contribution in [2.75, 3.05) is 39.8 Å². The molecule has 0 spiro atoms. The summed E-state index contributed by atoms with van der Waals surface area (Å²) >= 11 is 0. The molecule has 1 saturated heterocycles. The van der Waals surface area contributed by atoms with Crippen molar-refractivity contribution in [2.24, 2.45) is 0 Å². The van der Waals surface area contributed by atoms with Gasteiger partial charge in [-0.15, -0.1) is 0 Å². The number of hydrogen-bond donors (Lipinski definition) is 2. The first-order valence-electron chi connectivity index (χ1n) is 10.5. The standard InChI is InChI=1S/C24H30N4O/c1-18-9-10-20-16-22(26-21(20)15-18)24(29)25-11-6-12-28-14-13-27(2)17-23(28)19-7-4-3-5-8-19/h3-5,7-10,15-16,23,26H,6,11-14,17H2,1-2H3,(H,25,29). The predicted octanol–water partition coefficient (Wildman–Crippen LogP) is 3.58. The largest absolute Gasteiger partial charge is 0.351 e. The maximum Gasteiger partial charge on any atom is 0.267 e. The van der Waals surface area contributed by atoms with Gasteiger partial charge in [-0.3, -0.25) is 9.69 Å². The third-order valence-electron chi connectivity index (χ3n) is 5.81. The van der Waals surface area contributed by atoms with Crippen LogP contribution < -0.4 is 5.32 Å². The summed E-state index contributed by atoms with van der Waals surface area (Å²) < 4.78 is 0. The SMILES string of the molecule is Cc1ccc2cc(C(=O)NCCCN3CCN(C)CC3c3ccccc3)[nH]c2c1. The van der Waals surface area contributed by atoms with Gasteiger partial charge in [0.2, 0.25) is 0 Å². The number of aromatic nitrogens is 1. The van der Waals surface area contributed by atoms with Gasteiger partial charge in [0.1, 0.15) is 5.69 Å². The van der Waals surface area contributed by atoms with Gasteiger partial charge in [0.25, 0.3) is 5.91 Å². The minimum atomic E-state index is -0.0307. The van der Waals surface area contributed by atoms with E-state index in [1.54, 1.807) is 0 Å². The van der Waals surface area contributed by atoms with E-state index >= 15 is 0 Å². The van der Waals surface area contributed by atoms with Crippen molar-refractivity contribution in [3.8, 4) is 0 Å². The van der Waals surface area contributed by atoms with E-state index in [-0.39, 0.29) is 5.91 Å². The fourth-order valence-corrected chi connectivity index (χ4v) is 4.16. The van der Waals surface area contributed by atoms with Crippen molar-refractivity contribution >= 4 is 16.8 Å². The van der Waals surface area contributed by atoms with E-state index in [1.807, 2.05) is 6.07 Å². The number of piperazine rings is 1. The number of H-pyrrole nitrogens is 1. The molecule has 1 unspecified atom stereocenters. The Balaban J connectivity index is 1.31. The number of aryl methyl sites for hydroxylation is 1. The topological polar surface area (TPSA) is 51.4 Å². The molecule has 4 rings (SSSR count). The fourth-order valence-electron chi connectivity index (χ4n) is 4.16. The monoisotopic (exact) mass is 390 g/mol. The van der Waals surface area contributed by atoms with Crippen molar-refractivity contribution < 1.29 is 4.79 Å². The summed E-state index contributed by atoms with van der Waals surface area (Å²) in [5, 5.41) is 4.14. The van der Waals surface area contributed by atoms with Crippen molar-refractivity contribution in [3.05, 3.63) is 71.4 Å². The van der Waals surface area contributed by atoms with Gasteiger partial charge in [-0.1, -0.05) is 42.5 Å². The first-order chi connectivity index (χ1) is 14.1. The molecule has 2 heterocycles. The maximum absolute atomic E-state index is 12.5. The van der Waals surface area contributed by atoms with Crippen molar-refractivity contribution in [2.45, 2.75) is 19.4 Å². The van der Waals surface area contributed by atoms with Crippen LogP contribution in [-0.4, -0.2) is 60.5 Å². The molecule has 2 N–H and O–H groups in total. The molecule has 152 valence electrons. The molecule has 1 fully saturated rings. The average Bonchev–Trinajstić information content (AvgIpc) is 3.16.